The van der Waals surface area contributed by atoms with Gasteiger partial charge in [-0.05, 0) is 81.8 Å². The van der Waals surface area contributed by atoms with Gasteiger partial charge in [0.2, 0.25) is 0 Å². The molecule has 0 N–H and O–H groups in total. The Kier molecular flexibility index (Phi) is 7.46. The number of rotatable bonds is 5. The Labute approximate surface area is 339 Å². The van der Waals surface area contributed by atoms with Crippen LogP contribution in [0.3, 0.4) is 0 Å². The molecular formula is C55H44N2O. The molecule has 3 heteroatoms. The van der Waals surface area contributed by atoms with Gasteiger partial charge in [-0.2, -0.15) is 0 Å². The normalized spacial score (nSPS) is 13.4. The molecular weight excluding hydrogens is 705 g/mol. The lowest BCUT2D eigenvalue weighted by Gasteiger charge is -2.30. The van der Waals surface area contributed by atoms with Gasteiger partial charge < -0.3 is 13.9 Å². The minimum atomic E-state index is -0.257. The SMILES string of the molecule is CC(C)(C)c1ccc(N(c2cc3c(c4oc5c(-c6ccccc6)cccc5c24)-c2ccccc2C3(C)C)c2cccc3c2c2ccccc2n3-c2ccccc2)cc1. The van der Waals surface area contributed by atoms with Crippen LogP contribution in [-0.4, -0.2) is 4.57 Å². The van der Waals surface area contributed by atoms with E-state index in [9.17, 15) is 0 Å². The van der Waals surface area contributed by atoms with E-state index in [1.54, 1.807) is 0 Å². The lowest BCUT2D eigenvalue weighted by molar-refractivity contribution is 0.590. The summed E-state index contributed by atoms with van der Waals surface area (Å²) in [6.07, 6.45) is 0. The fraction of sp³-hybridized carbons (Fsp3) is 0.127. The van der Waals surface area contributed by atoms with E-state index in [0.29, 0.717) is 0 Å². The third-order valence-corrected chi connectivity index (χ3v) is 12.5. The second-order valence-corrected chi connectivity index (χ2v) is 17.3. The molecule has 0 spiro atoms. The van der Waals surface area contributed by atoms with Crippen molar-refractivity contribution in [3.8, 4) is 27.9 Å². The Bertz CT molecular complexity index is 3210. The molecule has 2 heterocycles. The van der Waals surface area contributed by atoms with Crippen molar-refractivity contribution in [2.45, 2.75) is 45.4 Å². The van der Waals surface area contributed by atoms with Gasteiger partial charge in [0.05, 0.1) is 27.8 Å². The van der Waals surface area contributed by atoms with Crippen LogP contribution in [0.4, 0.5) is 17.1 Å². The Hall–Kier alpha value is -6.84. The van der Waals surface area contributed by atoms with Gasteiger partial charge in [0, 0.05) is 44.1 Å². The highest BCUT2D eigenvalue weighted by Gasteiger charge is 2.40. The summed E-state index contributed by atoms with van der Waals surface area (Å²) in [7, 11) is 0. The lowest BCUT2D eigenvalue weighted by atomic mass is 9.82. The number of anilines is 3. The minimum Gasteiger partial charge on any atom is -0.455 e. The quantitative estimate of drug-likeness (QED) is 0.175. The second-order valence-electron chi connectivity index (χ2n) is 17.3. The molecule has 0 aliphatic heterocycles. The van der Waals surface area contributed by atoms with E-state index in [0.717, 1.165) is 61.3 Å². The van der Waals surface area contributed by atoms with E-state index in [1.165, 1.54) is 44.1 Å². The van der Waals surface area contributed by atoms with Gasteiger partial charge in [0.1, 0.15) is 11.2 Å². The Morgan fingerprint density at radius 3 is 1.93 bits per heavy atom. The van der Waals surface area contributed by atoms with Crippen molar-refractivity contribution in [2.75, 3.05) is 4.90 Å². The zero-order chi connectivity index (χ0) is 39.3. The van der Waals surface area contributed by atoms with Crippen LogP contribution in [0.25, 0.3) is 71.7 Å². The first-order valence-electron chi connectivity index (χ1n) is 20.4. The van der Waals surface area contributed by atoms with Crippen LogP contribution in [0, 0.1) is 0 Å². The first-order valence-corrected chi connectivity index (χ1v) is 20.4. The fourth-order valence-corrected chi connectivity index (χ4v) is 9.69. The smallest absolute Gasteiger partial charge is 0.145 e. The molecule has 10 aromatic rings. The van der Waals surface area contributed by atoms with Crippen LogP contribution in [0.15, 0.2) is 180 Å². The van der Waals surface area contributed by atoms with Gasteiger partial charge in [-0.15, -0.1) is 0 Å². The standard InChI is InChI=1S/C55H44N2O/c1-54(2,3)36-30-32-38(33-31-36)57(47-29-17-28-46-50(47)41-23-13-15-27-45(41)56(46)37-20-10-7-11-21-37)48-34-44-49(40-22-12-14-26-43(40)55(44,4)5)53-51(48)42-25-16-24-39(52(42)58-53)35-18-8-6-9-19-35/h6-34H,1-5H3. The molecule has 0 saturated carbocycles. The Morgan fingerprint density at radius 2 is 1.16 bits per heavy atom. The van der Waals surface area contributed by atoms with Crippen LogP contribution in [0.5, 0.6) is 0 Å². The molecule has 2 aromatic heterocycles. The topological polar surface area (TPSA) is 21.3 Å². The highest BCUT2D eigenvalue weighted by atomic mass is 16.3. The summed E-state index contributed by atoms with van der Waals surface area (Å²) in [6.45, 7) is 11.6. The summed E-state index contributed by atoms with van der Waals surface area (Å²) in [5.41, 5.74) is 16.9. The molecule has 0 fully saturated rings. The van der Waals surface area contributed by atoms with Crippen molar-refractivity contribution in [1.29, 1.82) is 0 Å². The number of fused-ring (bicyclic) bond motifs is 10. The molecule has 0 unspecified atom stereocenters. The van der Waals surface area contributed by atoms with E-state index in [4.69, 9.17) is 4.42 Å². The molecule has 0 atom stereocenters. The van der Waals surface area contributed by atoms with Crippen molar-refractivity contribution in [1.82, 2.24) is 4.57 Å². The van der Waals surface area contributed by atoms with Crippen molar-refractivity contribution in [3.63, 3.8) is 0 Å². The largest absolute Gasteiger partial charge is 0.455 e. The van der Waals surface area contributed by atoms with Gasteiger partial charge in [-0.25, -0.2) is 0 Å². The molecule has 8 aromatic carbocycles. The lowest BCUT2D eigenvalue weighted by Crippen LogP contribution is -2.17. The summed E-state index contributed by atoms with van der Waals surface area (Å²) < 4.78 is 9.76. The molecule has 58 heavy (non-hydrogen) atoms. The first kappa shape index (κ1) is 34.4. The van der Waals surface area contributed by atoms with Crippen molar-refractivity contribution in [2.24, 2.45) is 0 Å². The Morgan fingerprint density at radius 1 is 0.517 bits per heavy atom. The van der Waals surface area contributed by atoms with E-state index in [2.05, 4.69) is 220 Å². The maximum absolute atomic E-state index is 7.35. The van der Waals surface area contributed by atoms with Crippen LogP contribution in [0.1, 0.15) is 51.3 Å². The first-order chi connectivity index (χ1) is 28.2. The summed E-state index contributed by atoms with van der Waals surface area (Å²) >= 11 is 0. The van der Waals surface area contributed by atoms with Crippen LogP contribution < -0.4 is 4.90 Å². The van der Waals surface area contributed by atoms with E-state index in [1.807, 2.05) is 0 Å². The molecule has 0 bridgehead atoms. The number of hydrogen-bond acceptors (Lipinski definition) is 2. The molecule has 0 amide bonds. The summed E-state index contributed by atoms with van der Waals surface area (Å²) in [5.74, 6) is 0. The molecule has 0 saturated heterocycles. The zero-order valence-corrected chi connectivity index (χ0v) is 33.5. The van der Waals surface area contributed by atoms with Crippen LogP contribution in [-0.2, 0) is 10.8 Å². The van der Waals surface area contributed by atoms with Crippen molar-refractivity contribution >= 4 is 60.8 Å². The Balaban J connectivity index is 1.31. The van der Waals surface area contributed by atoms with E-state index >= 15 is 0 Å². The maximum Gasteiger partial charge on any atom is 0.145 e. The molecule has 3 nitrogen and oxygen atoms in total. The van der Waals surface area contributed by atoms with Crippen LogP contribution >= 0.6 is 0 Å². The molecule has 280 valence electrons. The van der Waals surface area contributed by atoms with Gasteiger partial charge in [-0.1, -0.05) is 162 Å². The fourth-order valence-electron chi connectivity index (χ4n) is 9.69. The number of benzene rings is 8. The predicted molar refractivity (Wildman–Crippen MR) is 244 cm³/mol. The molecule has 1 aliphatic carbocycles. The predicted octanol–water partition coefficient (Wildman–Crippen LogP) is 15.4. The van der Waals surface area contributed by atoms with E-state index < -0.39 is 0 Å². The van der Waals surface area contributed by atoms with Gasteiger partial charge in [0.25, 0.3) is 0 Å². The number of furan rings is 1. The van der Waals surface area contributed by atoms with Gasteiger partial charge >= 0.3 is 0 Å². The minimum absolute atomic E-state index is 0.0116. The average Bonchev–Trinajstić information content (AvgIpc) is 3.88. The number of para-hydroxylation sites is 3. The van der Waals surface area contributed by atoms with Gasteiger partial charge in [0.15, 0.2) is 0 Å². The molecule has 0 radical (unpaired) electrons. The average molecular weight is 749 g/mol. The third-order valence-electron chi connectivity index (χ3n) is 12.5. The number of aromatic nitrogens is 1. The monoisotopic (exact) mass is 748 g/mol. The van der Waals surface area contributed by atoms with Gasteiger partial charge in [-0.3, -0.25) is 0 Å². The third kappa shape index (κ3) is 4.99. The van der Waals surface area contributed by atoms with Crippen molar-refractivity contribution < 1.29 is 4.42 Å². The van der Waals surface area contributed by atoms with E-state index in [-0.39, 0.29) is 10.8 Å². The van der Waals surface area contributed by atoms with Crippen molar-refractivity contribution in [3.05, 3.63) is 193 Å². The second kappa shape index (κ2) is 12.6. The summed E-state index contributed by atoms with van der Waals surface area (Å²) in [6, 6.07) is 64.2. The number of hydrogen-bond donors (Lipinski definition) is 0. The summed E-state index contributed by atoms with van der Waals surface area (Å²) in [5, 5.41) is 4.63. The molecule has 11 rings (SSSR count). The zero-order valence-electron chi connectivity index (χ0n) is 33.5. The molecule has 1 aliphatic rings. The maximum atomic E-state index is 7.35. The highest BCUT2D eigenvalue weighted by Crippen LogP contribution is 2.57. The summed E-state index contributed by atoms with van der Waals surface area (Å²) in [4.78, 5) is 2.52. The number of nitrogens with zero attached hydrogens (tertiary/aromatic N) is 2. The van der Waals surface area contributed by atoms with Crippen LogP contribution in [0.2, 0.25) is 0 Å². The highest BCUT2D eigenvalue weighted by molar-refractivity contribution is 6.23.